The molecule has 2 aromatic heterocycles. The summed E-state index contributed by atoms with van der Waals surface area (Å²) in [5.41, 5.74) is 3.35. The molecule has 3 aromatic carbocycles. The molecule has 6 heterocycles. The molecule has 4 aliphatic rings. The molecule has 4 amide bonds. The number of carbonyl (C=O) groups excluding carboxylic acids is 4. The van der Waals surface area contributed by atoms with Crippen LogP contribution in [0.2, 0.25) is 0 Å². The largest absolute Gasteiger partial charge is 0.418 e. The van der Waals surface area contributed by atoms with E-state index in [1.165, 1.54) is 23.1 Å². The smallest absolute Gasteiger partial charge is 0.368 e. The number of anilines is 2. The van der Waals surface area contributed by atoms with Crippen LogP contribution in [0.3, 0.4) is 0 Å². The third-order valence-corrected chi connectivity index (χ3v) is 12.4. The van der Waals surface area contributed by atoms with Crippen LogP contribution in [0.15, 0.2) is 73.1 Å². The average Bonchev–Trinajstić information content (AvgIpc) is 3.83. The van der Waals surface area contributed by atoms with E-state index in [9.17, 15) is 32.3 Å². The topological polar surface area (TPSA) is 135 Å². The summed E-state index contributed by atoms with van der Waals surface area (Å²) in [5, 5.41) is 9.17. The fraction of sp³-hybridized carbons (Fsp3) is 0.348. The highest BCUT2D eigenvalue weighted by Gasteiger charge is 2.41. The first-order chi connectivity index (χ1) is 30.3. The number of imidazole rings is 1. The maximum atomic E-state index is 15.3. The van der Waals surface area contributed by atoms with Crippen molar-refractivity contribution < 1.29 is 36.7 Å². The Bertz CT molecular complexity index is 2710. The van der Waals surface area contributed by atoms with E-state index in [4.69, 9.17) is 0 Å². The SMILES string of the molecule is Cc1ccc(C(=O)Nc2ccc(N3CCN(C4CCN(Cc5cc(F)c6c(c5)CN(C5CCC(=O)NC5=O)C6=O)CC4)CC3)c(C(F)(F)F)c2)cc1C#Cc1cnc2cccnn12. The number of fused-ring (bicyclic) bond motifs is 2. The second-order valence-electron chi connectivity index (χ2n) is 16.4. The molecule has 4 aliphatic heterocycles. The molecule has 63 heavy (non-hydrogen) atoms. The lowest BCUT2D eigenvalue weighted by atomic mass is 10.00. The van der Waals surface area contributed by atoms with Gasteiger partial charge in [0, 0.05) is 80.4 Å². The summed E-state index contributed by atoms with van der Waals surface area (Å²) in [6, 6.07) is 15.1. The number of halogens is 4. The number of rotatable bonds is 7. The Kier molecular flexibility index (Phi) is 11.2. The van der Waals surface area contributed by atoms with Crippen LogP contribution < -0.4 is 15.5 Å². The Balaban J connectivity index is 0.792. The number of hydrogen-bond acceptors (Lipinski definition) is 9. The molecule has 17 heteroatoms. The minimum Gasteiger partial charge on any atom is -0.368 e. The molecular weight excluding hydrogens is 819 g/mol. The fourth-order valence-electron chi connectivity index (χ4n) is 9.10. The summed E-state index contributed by atoms with van der Waals surface area (Å²) in [5.74, 6) is 3.44. The van der Waals surface area contributed by atoms with E-state index < -0.39 is 41.3 Å². The number of aryl methyl sites for hydroxylation is 1. The maximum Gasteiger partial charge on any atom is 0.418 e. The molecule has 2 N–H and O–H groups in total. The van der Waals surface area contributed by atoms with Gasteiger partial charge in [0.25, 0.3) is 11.8 Å². The molecule has 1 atom stereocenters. The standard InChI is InChI=1S/C46H43F4N9O4/c1-28-4-5-31(23-30(28)6-8-35-25-51-40-3-2-14-52-59(35)40)43(61)53-33-7-9-38(36(24-33)46(48,49)50)57-19-17-56(18-20-57)34-12-15-55(16-13-34)26-29-21-32-27-58(45(63)42(32)37(47)22-29)39-10-11-41(60)54-44(39)62/h2-5,7,9,14,21-25,34,39H,10-13,15-20,26-27H2,1H3,(H,53,61)(H,54,60,62). The molecule has 13 nitrogen and oxygen atoms in total. The minimum atomic E-state index is -4.66. The van der Waals surface area contributed by atoms with Gasteiger partial charge in [0.2, 0.25) is 11.8 Å². The second-order valence-corrected chi connectivity index (χ2v) is 16.4. The molecule has 5 aromatic rings. The van der Waals surface area contributed by atoms with Gasteiger partial charge >= 0.3 is 6.18 Å². The summed E-state index contributed by atoms with van der Waals surface area (Å²) in [6.07, 6.45) is 0.563. The number of hydrogen-bond donors (Lipinski definition) is 2. The van der Waals surface area contributed by atoms with E-state index in [0.29, 0.717) is 55.2 Å². The lowest BCUT2D eigenvalue weighted by molar-refractivity contribution is -0.138. The number of benzene rings is 3. The Labute approximate surface area is 360 Å². The predicted molar refractivity (Wildman–Crippen MR) is 224 cm³/mol. The fourth-order valence-corrected chi connectivity index (χ4v) is 9.10. The molecule has 324 valence electrons. The van der Waals surface area contributed by atoms with Crippen LogP contribution >= 0.6 is 0 Å². The average molecular weight is 862 g/mol. The molecule has 1 unspecified atom stereocenters. The van der Waals surface area contributed by atoms with Crippen LogP contribution in [0.25, 0.3) is 5.65 Å². The number of imide groups is 1. The first-order valence-electron chi connectivity index (χ1n) is 20.9. The summed E-state index contributed by atoms with van der Waals surface area (Å²) in [6.45, 7) is 5.89. The van der Waals surface area contributed by atoms with Gasteiger partial charge in [0.05, 0.1) is 17.3 Å². The normalized spacial score (nSPS) is 18.9. The number of nitrogens with one attached hydrogen (secondary N) is 2. The van der Waals surface area contributed by atoms with Crippen molar-refractivity contribution in [2.45, 2.75) is 64.0 Å². The van der Waals surface area contributed by atoms with Crippen molar-refractivity contribution >= 4 is 40.7 Å². The molecule has 0 saturated carbocycles. The first kappa shape index (κ1) is 41.7. The van der Waals surface area contributed by atoms with Gasteiger partial charge in [0.1, 0.15) is 17.6 Å². The lowest BCUT2D eigenvalue weighted by Crippen LogP contribution is -2.53. The molecule has 0 radical (unpaired) electrons. The zero-order valence-electron chi connectivity index (χ0n) is 34.3. The van der Waals surface area contributed by atoms with Crippen LogP contribution in [-0.2, 0) is 28.9 Å². The molecular formula is C46H43F4N9O4. The summed E-state index contributed by atoms with van der Waals surface area (Å²) >= 11 is 0. The van der Waals surface area contributed by atoms with Crippen LogP contribution in [0.5, 0.6) is 0 Å². The van der Waals surface area contributed by atoms with Gasteiger partial charge in [0.15, 0.2) is 5.65 Å². The van der Waals surface area contributed by atoms with Gasteiger partial charge in [-0.15, -0.1) is 0 Å². The van der Waals surface area contributed by atoms with Crippen molar-refractivity contribution in [2.75, 3.05) is 49.5 Å². The van der Waals surface area contributed by atoms with Crippen molar-refractivity contribution in [3.05, 3.63) is 124 Å². The first-order valence-corrected chi connectivity index (χ1v) is 20.9. The van der Waals surface area contributed by atoms with Gasteiger partial charge < -0.3 is 15.1 Å². The van der Waals surface area contributed by atoms with E-state index in [1.807, 2.05) is 13.0 Å². The quantitative estimate of drug-likeness (QED) is 0.126. The van der Waals surface area contributed by atoms with E-state index in [2.05, 4.69) is 42.4 Å². The highest BCUT2D eigenvalue weighted by molar-refractivity contribution is 6.06. The monoisotopic (exact) mass is 861 g/mol. The van der Waals surface area contributed by atoms with Gasteiger partial charge in [-0.1, -0.05) is 18.1 Å². The molecule has 3 fully saturated rings. The molecule has 0 aliphatic carbocycles. The Morgan fingerprint density at radius 2 is 1.73 bits per heavy atom. The molecule has 0 bridgehead atoms. The molecule has 9 rings (SSSR count). The van der Waals surface area contributed by atoms with E-state index >= 15 is 4.39 Å². The summed E-state index contributed by atoms with van der Waals surface area (Å²) in [4.78, 5) is 62.4. The number of nitrogens with zero attached hydrogens (tertiary/aromatic N) is 7. The predicted octanol–water partition coefficient (Wildman–Crippen LogP) is 5.40. The van der Waals surface area contributed by atoms with Crippen LogP contribution in [-0.4, -0.2) is 104 Å². The zero-order chi connectivity index (χ0) is 44.0. The van der Waals surface area contributed by atoms with E-state index in [0.717, 1.165) is 43.1 Å². The van der Waals surface area contributed by atoms with Crippen molar-refractivity contribution in [1.82, 2.24) is 34.6 Å². The number of alkyl halides is 3. The Hall–Kier alpha value is -6.64. The van der Waals surface area contributed by atoms with Gasteiger partial charge in [-0.2, -0.15) is 18.3 Å². The van der Waals surface area contributed by atoms with Crippen molar-refractivity contribution in [3.63, 3.8) is 0 Å². The van der Waals surface area contributed by atoms with Crippen molar-refractivity contribution in [2.24, 2.45) is 0 Å². The minimum absolute atomic E-state index is 0.0248. The highest BCUT2D eigenvalue weighted by atomic mass is 19.4. The van der Waals surface area contributed by atoms with Crippen LogP contribution in [0.1, 0.15) is 79.9 Å². The second kappa shape index (κ2) is 16.9. The van der Waals surface area contributed by atoms with Gasteiger partial charge in [-0.3, -0.25) is 34.3 Å². The Morgan fingerprint density at radius 1 is 0.937 bits per heavy atom. The number of carbonyl (C=O) groups is 4. The van der Waals surface area contributed by atoms with Crippen molar-refractivity contribution in [3.8, 4) is 11.8 Å². The number of piperidine rings is 2. The number of amides is 4. The molecule has 0 spiro atoms. The summed E-state index contributed by atoms with van der Waals surface area (Å²) in [7, 11) is 0. The van der Waals surface area contributed by atoms with Gasteiger partial charge in [-0.25, -0.2) is 13.9 Å². The van der Waals surface area contributed by atoms with E-state index in [-0.39, 0.29) is 53.8 Å². The maximum absolute atomic E-state index is 15.3. The summed E-state index contributed by atoms with van der Waals surface area (Å²) < 4.78 is 60.7. The Morgan fingerprint density at radius 3 is 2.49 bits per heavy atom. The number of likely N-dealkylation sites (tertiary alicyclic amines) is 1. The van der Waals surface area contributed by atoms with Crippen LogP contribution in [0.4, 0.5) is 28.9 Å². The number of aromatic nitrogens is 3. The third kappa shape index (κ3) is 8.60. The van der Waals surface area contributed by atoms with E-state index in [1.54, 1.807) is 52.1 Å². The third-order valence-electron chi connectivity index (χ3n) is 12.4. The zero-order valence-corrected chi connectivity index (χ0v) is 34.3. The highest BCUT2D eigenvalue weighted by Crippen LogP contribution is 2.39. The van der Waals surface area contributed by atoms with Crippen LogP contribution in [0, 0.1) is 24.6 Å². The van der Waals surface area contributed by atoms with Crippen molar-refractivity contribution in [1.29, 1.82) is 0 Å². The molecule has 3 saturated heterocycles. The van der Waals surface area contributed by atoms with Gasteiger partial charge in [-0.05, 0) is 110 Å². The number of piperazine rings is 1. The lowest BCUT2D eigenvalue weighted by Gasteiger charge is -2.43.